The molecule has 2 N–H and O–H groups in total. The molecule has 2 rings (SSSR count). The summed E-state index contributed by atoms with van der Waals surface area (Å²) in [5.41, 5.74) is 0.520. The predicted octanol–water partition coefficient (Wildman–Crippen LogP) is 2.29. The van der Waals surface area contributed by atoms with Gasteiger partial charge < -0.3 is 15.4 Å². The highest BCUT2D eigenvalue weighted by atomic mass is 19.3. The fourth-order valence-electron chi connectivity index (χ4n) is 2.39. The van der Waals surface area contributed by atoms with Gasteiger partial charge in [-0.3, -0.25) is 4.79 Å². The van der Waals surface area contributed by atoms with Crippen LogP contribution in [0, 0.1) is 5.41 Å². The minimum Gasteiger partial charge on any atom is -0.435 e. The summed E-state index contributed by atoms with van der Waals surface area (Å²) >= 11 is 0. The van der Waals surface area contributed by atoms with Gasteiger partial charge in [-0.2, -0.15) is 8.78 Å². The Bertz CT molecular complexity index is 471. The van der Waals surface area contributed by atoms with Crippen molar-refractivity contribution in [1.29, 1.82) is 0 Å². The molecule has 0 atom stereocenters. The molecule has 21 heavy (non-hydrogen) atoms. The second-order valence-corrected chi connectivity index (χ2v) is 5.52. The SMILES string of the molecule is CC1(C(=O)NCc2ccc(OC(F)F)cc2)CCNCC1. The van der Waals surface area contributed by atoms with Crippen molar-refractivity contribution in [2.45, 2.75) is 32.9 Å². The molecule has 1 fully saturated rings. The van der Waals surface area contributed by atoms with Crippen molar-refractivity contribution >= 4 is 5.91 Å². The first-order chi connectivity index (χ1) is 9.99. The highest BCUT2D eigenvalue weighted by molar-refractivity contribution is 5.82. The van der Waals surface area contributed by atoms with Crippen LogP contribution in [0.2, 0.25) is 0 Å². The van der Waals surface area contributed by atoms with Gasteiger partial charge in [-0.25, -0.2) is 0 Å². The Balaban J connectivity index is 1.86. The third kappa shape index (κ3) is 4.39. The van der Waals surface area contributed by atoms with Gasteiger partial charge in [-0.05, 0) is 43.6 Å². The van der Waals surface area contributed by atoms with Gasteiger partial charge in [-0.1, -0.05) is 19.1 Å². The number of carbonyl (C=O) groups is 1. The van der Waals surface area contributed by atoms with Crippen molar-refractivity contribution in [1.82, 2.24) is 10.6 Å². The van der Waals surface area contributed by atoms with Gasteiger partial charge in [0.15, 0.2) is 0 Å². The van der Waals surface area contributed by atoms with E-state index in [-0.39, 0.29) is 17.1 Å². The standard InChI is InChI=1S/C15H20F2N2O2/c1-15(6-8-18-9-7-15)13(20)19-10-11-2-4-12(5-3-11)21-14(16)17/h2-5,14,18H,6-10H2,1H3,(H,19,20). The molecule has 1 heterocycles. The molecule has 6 heteroatoms. The maximum Gasteiger partial charge on any atom is 0.387 e. The van der Waals surface area contributed by atoms with Crippen LogP contribution in [0.1, 0.15) is 25.3 Å². The fourth-order valence-corrected chi connectivity index (χ4v) is 2.39. The summed E-state index contributed by atoms with van der Waals surface area (Å²) in [7, 11) is 0. The van der Waals surface area contributed by atoms with Gasteiger partial charge >= 0.3 is 6.61 Å². The first-order valence-corrected chi connectivity index (χ1v) is 7.02. The number of ether oxygens (including phenoxy) is 1. The van der Waals surface area contributed by atoms with Crippen LogP contribution in [-0.2, 0) is 11.3 Å². The Morgan fingerprint density at radius 3 is 2.52 bits per heavy atom. The summed E-state index contributed by atoms with van der Waals surface area (Å²) in [5, 5.41) is 6.15. The number of rotatable bonds is 5. The average molecular weight is 298 g/mol. The van der Waals surface area contributed by atoms with Crippen LogP contribution in [0.15, 0.2) is 24.3 Å². The van der Waals surface area contributed by atoms with Crippen LogP contribution < -0.4 is 15.4 Å². The maximum absolute atomic E-state index is 12.2. The van der Waals surface area contributed by atoms with Crippen LogP contribution in [0.4, 0.5) is 8.78 Å². The summed E-state index contributed by atoms with van der Waals surface area (Å²) in [6, 6.07) is 6.28. The summed E-state index contributed by atoms with van der Waals surface area (Å²) in [4.78, 5) is 12.2. The quantitative estimate of drug-likeness (QED) is 0.877. The van der Waals surface area contributed by atoms with Crippen LogP contribution >= 0.6 is 0 Å². The van der Waals surface area contributed by atoms with E-state index in [1.165, 1.54) is 12.1 Å². The van der Waals surface area contributed by atoms with Crippen LogP contribution in [0.3, 0.4) is 0 Å². The zero-order valence-electron chi connectivity index (χ0n) is 12.0. The topological polar surface area (TPSA) is 50.4 Å². The Kier molecular flexibility index (Phi) is 5.12. The zero-order chi connectivity index (χ0) is 15.3. The van der Waals surface area contributed by atoms with E-state index in [0.29, 0.717) is 6.54 Å². The van der Waals surface area contributed by atoms with Crippen molar-refractivity contribution < 1.29 is 18.3 Å². The van der Waals surface area contributed by atoms with E-state index in [0.717, 1.165) is 31.5 Å². The molecule has 4 nitrogen and oxygen atoms in total. The van der Waals surface area contributed by atoms with Gasteiger partial charge in [0, 0.05) is 12.0 Å². The fraction of sp³-hybridized carbons (Fsp3) is 0.533. The monoisotopic (exact) mass is 298 g/mol. The van der Waals surface area contributed by atoms with Crippen molar-refractivity contribution in [3.8, 4) is 5.75 Å². The summed E-state index contributed by atoms with van der Waals surface area (Å²) in [5.74, 6) is 0.155. The molecule has 1 aromatic rings. The lowest BCUT2D eigenvalue weighted by molar-refractivity contribution is -0.131. The number of amides is 1. The predicted molar refractivity (Wildman–Crippen MR) is 75.1 cm³/mol. The molecule has 1 amide bonds. The molecular weight excluding hydrogens is 278 g/mol. The lowest BCUT2D eigenvalue weighted by Gasteiger charge is -2.32. The summed E-state index contributed by atoms with van der Waals surface area (Å²) in [6.07, 6.45) is 1.64. The molecule has 1 aromatic carbocycles. The largest absolute Gasteiger partial charge is 0.435 e. The maximum atomic E-state index is 12.2. The molecule has 0 unspecified atom stereocenters. The third-order valence-electron chi connectivity index (χ3n) is 3.86. The van der Waals surface area contributed by atoms with E-state index < -0.39 is 6.61 Å². The summed E-state index contributed by atoms with van der Waals surface area (Å²) < 4.78 is 28.4. The van der Waals surface area contributed by atoms with Crippen molar-refractivity contribution in [2.75, 3.05) is 13.1 Å². The average Bonchev–Trinajstić information content (AvgIpc) is 2.46. The van der Waals surface area contributed by atoms with Crippen LogP contribution in [-0.4, -0.2) is 25.6 Å². The molecule has 1 aliphatic rings. The Morgan fingerprint density at radius 2 is 1.95 bits per heavy atom. The minimum atomic E-state index is -2.82. The van der Waals surface area contributed by atoms with Crippen LogP contribution in [0.5, 0.6) is 5.75 Å². The highest BCUT2D eigenvalue weighted by Gasteiger charge is 2.34. The lowest BCUT2D eigenvalue weighted by atomic mass is 9.80. The number of nitrogens with one attached hydrogen (secondary N) is 2. The Hall–Kier alpha value is -1.69. The van der Waals surface area contributed by atoms with Gasteiger partial charge in [0.2, 0.25) is 5.91 Å². The van der Waals surface area contributed by atoms with Gasteiger partial charge in [0.05, 0.1) is 0 Å². The molecule has 0 bridgehead atoms. The molecule has 0 radical (unpaired) electrons. The number of hydrogen-bond donors (Lipinski definition) is 2. The van der Waals surface area contributed by atoms with E-state index in [9.17, 15) is 13.6 Å². The lowest BCUT2D eigenvalue weighted by Crippen LogP contribution is -2.45. The highest BCUT2D eigenvalue weighted by Crippen LogP contribution is 2.28. The normalized spacial score (nSPS) is 17.5. The second-order valence-electron chi connectivity index (χ2n) is 5.52. The molecule has 0 spiro atoms. The second kappa shape index (κ2) is 6.85. The third-order valence-corrected chi connectivity index (χ3v) is 3.86. The van der Waals surface area contributed by atoms with Crippen LogP contribution in [0.25, 0.3) is 0 Å². The van der Waals surface area contributed by atoms with E-state index >= 15 is 0 Å². The van der Waals surface area contributed by atoms with Crippen molar-refractivity contribution in [2.24, 2.45) is 5.41 Å². The molecule has 0 saturated carbocycles. The van der Waals surface area contributed by atoms with E-state index in [1.807, 2.05) is 6.92 Å². The van der Waals surface area contributed by atoms with E-state index in [2.05, 4.69) is 15.4 Å². The number of halogens is 2. The Morgan fingerprint density at radius 1 is 1.33 bits per heavy atom. The van der Waals surface area contributed by atoms with E-state index in [1.54, 1.807) is 12.1 Å². The first kappa shape index (κ1) is 15.7. The van der Waals surface area contributed by atoms with Gasteiger partial charge in [-0.15, -0.1) is 0 Å². The molecular formula is C15H20F2N2O2. The molecule has 116 valence electrons. The van der Waals surface area contributed by atoms with Crippen molar-refractivity contribution in [3.05, 3.63) is 29.8 Å². The number of carbonyl (C=O) groups excluding carboxylic acids is 1. The zero-order valence-corrected chi connectivity index (χ0v) is 12.0. The molecule has 0 aromatic heterocycles. The van der Waals surface area contributed by atoms with Gasteiger partial charge in [0.25, 0.3) is 0 Å². The summed E-state index contributed by atoms with van der Waals surface area (Å²) in [6.45, 7) is 1.24. The minimum absolute atomic E-state index is 0.0388. The van der Waals surface area contributed by atoms with Gasteiger partial charge in [0.1, 0.15) is 5.75 Å². The number of benzene rings is 1. The first-order valence-electron chi connectivity index (χ1n) is 7.02. The molecule has 1 aliphatic heterocycles. The number of alkyl halides is 2. The smallest absolute Gasteiger partial charge is 0.387 e. The van der Waals surface area contributed by atoms with E-state index in [4.69, 9.17) is 0 Å². The molecule has 0 aliphatic carbocycles. The van der Waals surface area contributed by atoms with Crippen molar-refractivity contribution in [3.63, 3.8) is 0 Å². The molecule has 1 saturated heterocycles. The number of piperidine rings is 1. The number of hydrogen-bond acceptors (Lipinski definition) is 3. The Labute approximate surface area is 122 Å².